The molecule has 0 unspecified atom stereocenters. The number of carboxylic acids is 1. The van der Waals surface area contributed by atoms with Gasteiger partial charge in [-0.2, -0.15) is 0 Å². The zero-order valence-corrected chi connectivity index (χ0v) is 15.6. The van der Waals surface area contributed by atoms with E-state index in [1.807, 2.05) is 18.2 Å². The summed E-state index contributed by atoms with van der Waals surface area (Å²) < 4.78 is 0. The number of pyridine rings is 1. The Balaban J connectivity index is 2.29. The minimum absolute atomic E-state index is 0.0812. The number of fused-ring (bicyclic) bond motifs is 1. The van der Waals surface area contributed by atoms with Crippen LogP contribution in [0.25, 0.3) is 22.2 Å². The molecule has 5 heteroatoms. The van der Waals surface area contributed by atoms with Crippen LogP contribution in [0.5, 0.6) is 0 Å². The van der Waals surface area contributed by atoms with Crippen molar-refractivity contribution in [2.24, 2.45) is 0 Å². The molecule has 0 aliphatic rings. The van der Waals surface area contributed by atoms with Gasteiger partial charge in [-0.1, -0.05) is 50.0 Å². The van der Waals surface area contributed by atoms with E-state index in [1.54, 1.807) is 24.3 Å². The van der Waals surface area contributed by atoms with Crippen LogP contribution in [0.15, 0.2) is 42.5 Å². The number of carbonyl (C=O) groups is 1. The van der Waals surface area contributed by atoms with Crippen LogP contribution in [-0.4, -0.2) is 16.1 Å². The number of halogens is 2. The number of aromatic carboxylic acids is 1. The van der Waals surface area contributed by atoms with E-state index >= 15 is 0 Å². The highest BCUT2D eigenvalue weighted by Crippen LogP contribution is 2.33. The Morgan fingerprint density at radius 2 is 1.76 bits per heavy atom. The maximum atomic E-state index is 11.8. The summed E-state index contributed by atoms with van der Waals surface area (Å²) in [5.41, 5.74) is 2.96. The molecular weight excluding hydrogens is 357 g/mol. The highest BCUT2D eigenvalue weighted by atomic mass is 35.5. The lowest BCUT2D eigenvalue weighted by Crippen LogP contribution is -2.11. The Morgan fingerprint density at radius 3 is 2.36 bits per heavy atom. The monoisotopic (exact) mass is 373 g/mol. The molecule has 0 radical (unpaired) electrons. The topological polar surface area (TPSA) is 50.2 Å². The maximum absolute atomic E-state index is 11.8. The molecule has 25 heavy (non-hydrogen) atoms. The van der Waals surface area contributed by atoms with Gasteiger partial charge in [-0.25, -0.2) is 9.78 Å². The van der Waals surface area contributed by atoms with Gasteiger partial charge in [0.2, 0.25) is 0 Å². The van der Waals surface area contributed by atoms with E-state index in [9.17, 15) is 9.90 Å². The normalized spacial score (nSPS) is 11.7. The molecule has 3 aromatic rings. The number of nitrogens with zero attached hydrogens (tertiary/aromatic N) is 1. The highest BCUT2D eigenvalue weighted by molar-refractivity contribution is 6.36. The van der Waals surface area contributed by atoms with Gasteiger partial charge in [-0.05, 0) is 47.4 Å². The lowest BCUT2D eigenvalue weighted by Gasteiger charge is -2.20. The standard InChI is InChI=1S/C20H17Cl2NO2/c1-20(2,3)11-4-7-17-14(8-11)15(19(24)25)10-18(23-17)13-6-5-12(21)9-16(13)22/h4-10H,1-3H3,(H,24,25). The average Bonchev–Trinajstić information content (AvgIpc) is 2.52. The maximum Gasteiger partial charge on any atom is 0.336 e. The first-order valence-corrected chi connectivity index (χ1v) is 8.56. The van der Waals surface area contributed by atoms with E-state index in [2.05, 4.69) is 25.8 Å². The van der Waals surface area contributed by atoms with Gasteiger partial charge in [-0.3, -0.25) is 0 Å². The molecular formula is C20H17Cl2NO2. The van der Waals surface area contributed by atoms with Crippen molar-refractivity contribution in [2.75, 3.05) is 0 Å². The summed E-state index contributed by atoms with van der Waals surface area (Å²) in [5.74, 6) is -0.996. The zero-order chi connectivity index (χ0) is 18.4. The minimum Gasteiger partial charge on any atom is -0.478 e. The summed E-state index contributed by atoms with van der Waals surface area (Å²) in [6, 6.07) is 12.4. The molecule has 0 spiro atoms. The summed E-state index contributed by atoms with van der Waals surface area (Å²) in [5, 5.41) is 11.2. The van der Waals surface area contributed by atoms with Gasteiger partial charge in [0.15, 0.2) is 0 Å². The van der Waals surface area contributed by atoms with Crippen LogP contribution in [-0.2, 0) is 5.41 Å². The zero-order valence-electron chi connectivity index (χ0n) is 14.1. The van der Waals surface area contributed by atoms with Crippen LogP contribution in [0.4, 0.5) is 0 Å². The predicted octanol–water partition coefficient (Wildman–Crippen LogP) is 6.20. The van der Waals surface area contributed by atoms with E-state index < -0.39 is 5.97 Å². The van der Waals surface area contributed by atoms with Crippen molar-refractivity contribution >= 4 is 40.1 Å². The molecule has 0 saturated carbocycles. The molecule has 0 aliphatic heterocycles. The summed E-state index contributed by atoms with van der Waals surface area (Å²) in [6.45, 7) is 6.26. The third kappa shape index (κ3) is 3.48. The van der Waals surface area contributed by atoms with E-state index in [0.717, 1.165) is 5.56 Å². The molecule has 1 heterocycles. The van der Waals surface area contributed by atoms with Gasteiger partial charge in [0.1, 0.15) is 0 Å². The van der Waals surface area contributed by atoms with Gasteiger partial charge >= 0.3 is 5.97 Å². The number of hydrogen-bond donors (Lipinski definition) is 1. The average molecular weight is 374 g/mol. The van der Waals surface area contributed by atoms with Crippen molar-refractivity contribution in [3.8, 4) is 11.3 Å². The lowest BCUT2D eigenvalue weighted by molar-refractivity contribution is 0.0699. The second-order valence-corrected chi connectivity index (χ2v) is 7.81. The predicted molar refractivity (Wildman–Crippen MR) is 103 cm³/mol. The lowest BCUT2D eigenvalue weighted by atomic mass is 9.86. The van der Waals surface area contributed by atoms with E-state index in [0.29, 0.717) is 32.2 Å². The van der Waals surface area contributed by atoms with Crippen molar-refractivity contribution < 1.29 is 9.90 Å². The second-order valence-electron chi connectivity index (χ2n) is 6.97. The van der Waals surface area contributed by atoms with Gasteiger partial charge in [0, 0.05) is 16.0 Å². The third-order valence-corrected chi connectivity index (χ3v) is 4.66. The van der Waals surface area contributed by atoms with Crippen molar-refractivity contribution in [3.05, 3.63) is 63.6 Å². The molecule has 0 bridgehead atoms. The largest absolute Gasteiger partial charge is 0.478 e. The van der Waals surface area contributed by atoms with E-state index in [1.165, 1.54) is 0 Å². The molecule has 0 amide bonds. The Kier molecular flexibility index (Phi) is 4.48. The summed E-state index contributed by atoms with van der Waals surface area (Å²) in [7, 11) is 0. The molecule has 1 N–H and O–H groups in total. The third-order valence-electron chi connectivity index (χ3n) is 4.11. The van der Waals surface area contributed by atoms with Crippen molar-refractivity contribution in [3.63, 3.8) is 0 Å². The molecule has 0 atom stereocenters. The van der Waals surface area contributed by atoms with E-state index in [-0.39, 0.29) is 11.0 Å². The molecule has 1 aromatic heterocycles. The molecule has 2 aromatic carbocycles. The summed E-state index contributed by atoms with van der Waals surface area (Å²) in [4.78, 5) is 16.4. The molecule has 0 aliphatic carbocycles. The molecule has 0 saturated heterocycles. The van der Waals surface area contributed by atoms with Crippen LogP contribution >= 0.6 is 23.2 Å². The highest BCUT2D eigenvalue weighted by Gasteiger charge is 2.19. The SMILES string of the molecule is CC(C)(C)c1ccc2nc(-c3ccc(Cl)cc3Cl)cc(C(=O)O)c2c1. The first-order chi connectivity index (χ1) is 11.7. The van der Waals surface area contributed by atoms with Gasteiger partial charge in [-0.15, -0.1) is 0 Å². The quantitative estimate of drug-likeness (QED) is 0.581. The van der Waals surface area contributed by atoms with Gasteiger partial charge < -0.3 is 5.11 Å². The van der Waals surface area contributed by atoms with Crippen LogP contribution in [0.2, 0.25) is 10.0 Å². The fourth-order valence-electron chi connectivity index (χ4n) is 2.70. The fourth-order valence-corrected chi connectivity index (χ4v) is 3.21. The van der Waals surface area contributed by atoms with Gasteiger partial charge in [0.05, 0.1) is 21.8 Å². The molecule has 0 fully saturated rings. The molecule has 3 nitrogen and oxygen atoms in total. The molecule has 3 rings (SSSR count). The first-order valence-electron chi connectivity index (χ1n) is 7.81. The molecule has 128 valence electrons. The van der Waals surface area contributed by atoms with Crippen LogP contribution < -0.4 is 0 Å². The van der Waals surface area contributed by atoms with Crippen LogP contribution in [0.3, 0.4) is 0 Å². The number of carboxylic acid groups (broad SMARTS) is 1. The number of hydrogen-bond acceptors (Lipinski definition) is 2. The number of rotatable bonds is 2. The smallest absolute Gasteiger partial charge is 0.336 e. The Hall–Kier alpha value is -2.10. The summed E-state index contributed by atoms with van der Waals surface area (Å²) >= 11 is 12.2. The van der Waals surface area contributed by atoms with Crippen molar-refractivity contribution in [1.82, 2.24) is 4.98 Å². The van der Waals surface area contributed by atoms with Crippen molar-refractivity contribution in [1.29, 1.82) is 0 Å². The number of aromatic nitrogens is 1. The fraction of sp³-hybridized carbons (Fsp3) is 0.200. The van der Waals surface area contributed by atoms with E-state index in [4.69, 9.17) is 23.2 Å². The Labute approximate surface area is 156 Å². The Bertz CT molecular complexity index is 991. The second kappa shape index (κ2) is 6.32. The summed E-state index contributed by atoms with van der Waals surface area (Å²) in [6.07, 6.45) is 0. The van der Waals surface area contributed by atoms with Crippen molar-refractivity contribution in [2.45, 2.75) is 26.2 Å². The first kappa shape index (κ1) is 17.7. The van der Waals surface area contributed by atoms with Crippen LogP contribution in [0, 0.1) is 0 Å². The minimum atomic E-state index is -0.996. The Morgan fingerprint density at radius 1 is 1.04 bits per heavy atom. The van der Waals surface area contributed by atoms with Crippen LogP contribution in [0.1, 0.15) is 36.7 Å². The number of benzene rings is 2. The van der Waals surface area contributed by atoms with Gasteiger partial charge in [0.25, 0.3) is 0 Å².